The molecule has 2 aromatic carbocycles. The highest BCUT2D eigenvalue weighted by Crippen LogP contribution is 2.30. The molecule has 0 aliphatic rings. The van der Waals surface area contributed by atoms with Crippen molar-refractivity contribution >= 4 is 29.1 Å². The van der Waals surface area contributed by atoms with Gasteiger partial charge < -0.3 is 24.7 Å². The predicted molar refractivity (Wildman–Crippen MR) is 116 cm³/mol. The average molecular weight is 428 g/mol. The summed E-state index contributed by atoms with van der Waals surface area (Å²) in [6.07, 6.45) is 3.68. The largest absolute Gasteiger partial charge is 0.496 e. The van der Waals surface area contributed by atoms with E-state index in [9.17, 15) is 9.59 Å². The fourth-order valence-corrected chi connectivity index (χ4v) is 3.11. The van der Waals surface area contributed by atoms with E-state index in [1.807, 2.05) is 36.0 Å². The number of hydrogen-bond acceptors (Lipinski definition) is 4. The molecule has 7 nitrogen and oxygen atoms in total. The zero-order chi connectivity index (χ0) is 21.5. The molecule has 0 aliphatic heterocycles. The number of amides is 2. The molecule has 0 spiro atoms. The van der Waals surface area contributed by atoms with E-state index >= 15 is 0 Å². The third-order valence-corrected chi connectivity index (χ3v) is 4.56. The number of ether oxygens (including phenoxy) is 2. The summed E-state index contributed by atoms with van der Waals surface area (Å²) in [5.41, 5.74) is 1.53. The number of benzene rings is 2. The zero-order valence-corrected chi connectivity index (χ0v) is 17.4. The van der Waals surface area contributed by atoms with Gasteiger partial charge in [0.15, 0.2) is 0 Å². The highest BCUT2D eigenvalue weighted by molar-refractivity contribution is 6.33. The van der Waals surface area contributed by atoms with Gasteiger partial charge in [0, 0.05) is 24.1 Å². The molecule has 0 radical (unpaired) electrons. The Morgan fingerprint density at radius 2 is 1.80 bits per heavy atom. The minimum atomic E-state index is -0.463. The molecule has 30 heavy (non-hydrogen) atoms. The Balaban J connectivity index is 1.64. The second kappa shape index (κ2) is 9.84. The van der Waals surface area contributed by atoms with Crippen molar-refractivity contribution in [2.45, 2.75) is 6.92 Å². The highest BCUT2D eigenvalue weighted by Gasteiger charge is 2.17. The number of methoxy groups -OCH3 is 1. The summed E-state index contributed by atoms with van der Waals surface area (Å²) in [6, 6.07) is 13.9. The Hall–Kier alpha value is -3.45. The number of aromatic nitrogens is 1. The zero-order valence-electron chi connectivity index (χ0n) is 16.6. The molecule has 0 aliphatic carbocycles. The molecule has 8 heteroatoms. The number of nitrogens with zero attached hydrogens (tertiary/aromatic N) is 1. The molecule has 0 saturated carbocycles. The Labute approximate surface area is 179 Å². The smallest absolute Gasteiger partial charge is 0.255 e. The Kier molecular flexibility index (Phi) is 6.98. The fourth-order valence-electron chi connectivity index (χ4n) is 2.84. The van der Waals surface area contributed by atoms with Crippen LogP contribution in [-0.4, -0.2) is 36.6 Å². The van der Waals surface area contributed by atoms with Gasteiger partial charge in [-0.3, -0.25) is 9.59 Å². The maximum Gasteiger partial charge on any atom is 0.255 e. The van der Waals surface area contributed by atoms with Gasteiger partial charge in [-0.1, -0.05) is 11.6 Å². The van der Waals surface area contributed by atoms with Crippen LogP contribution in [0.25, 0.3) is 5.69 Å². The predicted octanol–water partition coefficient (Wildman–Crippen LogP) is 3.91. The summed E-state index contributed by atoms with van der Waals surface area (Å²) in [6.45, 7) is 2.26. The molecular formula is C22H22ClN3O4. The minimum absolute atomic E-state index is 0.202. The molecule has 0 atom stereocenters. The van der Waals surface area contributed by atoms with Gasteiger partial charge >= 0.3 is 0 Å². The van der Waals surface area contributed by atoms with Crippen molar-refractivity contribution in [1.29, 1.82) is 0 Å². The van der Waals surface area contributed by atoms with Crippen LogP contribution in [-0.2, 0) is 4.79 Å². The van der Waals surface area contributed by atoms with Crippen molar-refractivity contribution in [3.63, 3.8) is 0 Å². The molecule has 0 saturated heterocycles. The van der Waals surface area contributed by atoms with Gasteiger partial charge in [0.1, 0.15) is 11.5 Å². The SMILES string of the molecule is CCOc1ccc(NC(=O)CNC(=O)c2cc(Cl)c(-n3cccc3)cc2OC)cc1. The first-order chi connectivity index (χ1) is 14.5. The van der Waals surface area contributed by atoms with Crippen LogP contribution < -0.4 is 20.1 Å². The van der Waals surface area contributed by atoms with Crippen LogP contribution in [0.1, 0.15) is 17.3 Å². The Morgan fingerprint density at radius 3 is 2.43 bits per heavy atom. The van der Waals surface area contributed by atoms with Crippen LogP contribution in [0.15, 0.2) is 60.9 Å². The lowest BCUT2D eigenvalue weighted by Gasteiger charge is -2.14. The van der Waals surface area contributed by atoms with Gasteiger partial charge in [-0.2, -0.15) is 0 Å². The third-order valence-electron chi connectivity index (χ3n) is 4.25. The molecule has 1 heterocycles. The normalized spacial score (nSPS) is 10.4. The lowest BCUT2D eigenvalue weighted by molar-refractivity contribution is -0.115. The van der Waals surface area contributed by atoms with Gasteiger partial charge in [0.05, 0.1) is 36.5 Å². The summed E-state index contributed by atoms with van der Waals surface area (Å²) < 4.78 is 12.5. The van der Waals surface area contributed by atoms with Crippen LogP contribution in [0.5, 0.6) is 11.5 Å². The standard InChI is InChI=1S/C22H22ClN3O4/c1-3-30-16-8-6-15(7-9-16)25-21(27)14-24-22(28)17-12-18(23)19(13-20(17)29-2)26-10-4-5-11-26/h4-13H,3,14H2,1-2H3,(H,24,28)(H,25,27). The van der Waals surface area contributed by atoms with Crippen molar-refractivity contribution in [3.05, 3.63) is 71.5 Å². The van der Waals surface area contributed by atoms with E-state index in [-0.39, 0.29) is 18.0 Å². The highest BCUT2D eigenvalue weighted by atomic mass is 35.5. The molecule has 2 N–H and O–H groups in total. The summed E-state index contributed by atoms with van der Waals surface area (Å²) in [4.78, 5) is 24.8. The first-order valence-electron chi connectivity index (χ1n) is 9.33. The second-order valence-electron chi connectivity index (χ2n) is 6.28. The first kappa shape index (κ1) is 21.3. The molecule has 1 aromatic heterocycles. The summed E-state index contributed by atoms with van der Waals surface area (Å²) >= 11 is 6.35. The average Bonchev–Trinajstić information content (AvgIpc) is 3.28. The third kappa shape index (κ3) is 5.12. The lowest BCUT2D eigenvalue weighted by Crippen LogP contribution is -2.33. The summed E-state index contributed by atoms with van der Waals surface area (Å²) in [5.74, 6) is 0.250. The van der Waals surface area contributed by atoms with E-state index < -0.39 is 5.91 Å². The molecule has 3 aromatic rings. The van der Waals surface area contributed by atoms with Crippen molar-refractivity contribution in [2.75, 3.05) is 25.6 Å². The molecule has 3 rings (SSSR count). The Bertz CT molecular complexity index is 1020. The number of halogens is 1. The molecule has 156 valence electrons. The van der Waals surface area contributed by atoms with Crippen LogP contribution in [0.4, 0.5) is 5.69 Å². The number of carbonyl (C=O) groups is 2. The minimum Gasteiger partial charge on any atom is -0.496 e. The van der Waals surface area contributed by atoms with Gasteiger partial charge in [0.2, 0.25) is 5.91 Å². The number of rotatable bonds is 8. The first-order valence-corrected chi connectivity index (χ1v) is 9.71. The van der Waals surface area contributed by atoms with Gasteiger partial charge in [-0.15, -0.1) is 0 Å². The quantitative estimate of drug-likeness (QED) is 0.571. The van der Waals surface area contributed by atoms with E-state index in [4.69, 9.17) is 21.1 Å². The number of hydrogen-bond donors (Lipinski definition) is 2. The molecule has 0 unspecified atom stereocenters. The van der Waals surface area contributed by atoms with E-state index in [2.05, 4.69) is 10.6 Å². The van der Waals surface area contributed by atoms with Crippen LogP contribution in [0.3, 0.4) is 0 Å². The van der Waals surface area contributed by atoms with Crippen LogP contribution in [0.2, 0.25) is 5.02 Å². The molecule has 2 amide bonds. The van der Waals surface area contributed by atoms with Crippen LogP contribution in [0, 0.1) is 0 Å². The van der Waals surface area contributed by atoms with Crippen molar-refractivity contribution in [1.82, 2.24) is 9.88 Å². The second-order valence-corrected chi connectivity index (χ2v) is 6.69. The van der Waals surface area contributed by atoms with Crippen molar-refractivity contribution in [3.8, 4) is 17.2 Å². The topological polar surface area (TPSA) is 81.6 Å². The number of nitrogens with one attached hydrogen (secondary N) is 2. The fraction of sp³-hybridized carbons (Fsp3) is 0.182. The van der Waals surface area contributed by atoms with E-state index in [0.717, 1.165) is 5.75 Å². The molecule has 0 bridgehead atoms. The van der Waals surface area contributed by atoms with Crippen molar-refractivity contribution in [2.24, 2.45) is 0 Å². The van der Waals surface area contributed by atoms with Gasteiger partial charge in [-0.25, -0.2) is 0 Å². The summed E-state index contributed by atoms with van der Waals surface area (Å²) in [7, 11) is 1.47. The maximum atomic E-state index is 12.6. The lowest BCUT2D eigenvalue weighted by atomic mass is 10.1. The molecular weight excluding hydrogens is 406 g/mol. The van der Waals surface area contributed by atoms with E-state index in [0.29, 0.717) is 28.8 Å². The molecule has 0 fully saturated rings. The number of carbonyl (C=O) groups excluding carboxylic acids is 2. The Morgan fingerprint density at radius 1 is 1.10 bits per heavy atom. The van der Waals surface area contributed by atoms with E-state index in [1.165, 1.54) is 13.2 Å². The van der Waals surface area contributed by atoms with Gasteiger partial charge in [0.25, 0.3) is 5.91 Å². The monoisotopic (exact) mass is 427 g/mol. The summed E-state index contributed by atoms with van der Waals surface area (Å²) in [5, 5.41) is 5.69. The van der Waals surface area contributed by atoms with Gasteiger partial charge in [-0.05, 0) is 49.4 Å². The van der Waals surface area contributed by atoms with Crippen molar-refractivity contribution < 1.29 is 19.1 Å². The van der Waals surface area contributed by atoms with E-state index in [1.54, 1.807) is 30.3 Å². The number of anilines is 1. The maximum absolute atomic E-state index is 12.6. The van der Waals surface area contributed by atoms with Crippen LogP contribution >= 0.6 is 11.6 Å².